The molecule has 1 amide bonds. The van der Waals surface area contributed by atoms with Crippen LogP contribution in [0.25, 0.3) is 0 Å². The maximum absolute atomic E-state index is 14.5. The lowest BCUT2D eigenvalue weighted by Crippen LogP contribution is -2.59. The molecular formula is C50H83N7O14. The molecule has 1 aromatic carbocycles. The molecule has 21 heteroatoms. The van der Waals surface area contributed by atoms with Gasteiger partial charge in [0.1, 0.15) is 23.9 Å². The van der Waals surface area contributed by atoms with Gasteiger partial charge in [-0.2, -0.15) is 0 Å². The van der Waals surface area contributed by atoms with E-state index in [9.17, 15) is 40.1 Å². The number of nitrogens with zero attached hydrogens (tertiary/aromatic N) is 6. The van der Waals surface area contributed by atoms with Crippen molar-refractivity contribution in [1.82, 2.24) is 30.1 Å². The van der Waals surface area contributed by atoms with Crippen LogP contribution in [0, 0.1) is 27.9 Å². The van der Waals surface area contributed by atoms with Crippen LogP contribution < -0.4 is 5.32 Å². The highest BCUT2D eigenvalue weighted by molar-refractivity contribution is 5.94. The van der Waals surface area contributed by atoms with Gasteiger partial charge in [-0.05, 0) is 99.9 Å². The maximum Gasteiger partial charge on any atom is 0.311 e. The first kappa shape index (κ1) is 58.2. The molecule has 3 aliphatic rings. The molecule has 0 unspecified atom stereocenters. The minimum Gasteiger partial charge on any atom is -0.459 e. The van der Waals surface area contributed by atoms with E-state index in [1.165, 1.54) is 38.3 Å². The van der Waals surface area contributed by atoms with E-state index >= 15 is 0 Å². The quantitative estimate of drug-likeness (QED) is 0.0972. The summed E-state index contributed by atoms with van der Waals surface area (Å²) in [5.74, 6) is -2.92. The molecule has 5 N–H and O–H groups in total. The molecule has 402 valence electrons. The predicted octanol–water partition coefficient (Wildman–Crippen LogP) is 3.47. The van der Waals surface area contributed by atoms with Crippen LogP contribution in [0.4, 0.5) is 5.69 Å². The van der Waals surface area contributed by atoms with E-state index in [1.54, 1.807) is 39.3 Å². The minimum atomic E-state index is -1.82. The third kappa shape index (κ3) is 14.5. The van der Waals surface area contributed by atoms with Crippen LogP contribution in [0.5, 0.6) is 0 Å². The van der Waals surface area contributed by atoms with Crippen LogP contribution in [-0.2, 0) is 46.2 Å². The Labute approximate surface area is 418 Å². The van der Waals surface area contributed by atoms with Gasteiger partial charge in [0.25, 0.3) is 11.6 Å². The van der Waals surface area contributed by atoms with E-state index in [4.69, 9.17) is 28.4 Å². The first-order valence-corrected chi connectivity index (χ1v) is 25.2. The summed E-state index contributed by atoms with van der Waals surface area (Å²) in [7, 11) is 5.40. The third-order valence-electron chi connectivity index (χ3n) is 15.3. The van der Waals surface area contributed by atoms with Crippen LogP contribution in [0.15, 0.2) is 30.5 Å². The van der Waals surface area contributed by atoms with E-state index in [-0.39, 0.29) is 55.5 Å². The molecule has 21 nitrogen and oxygen atoms in total. The number of carbonyl (C=O) groups excluding carboxylic acids is 2. The van der Waals surface area contributed by atoms with Gasteiger partial charge in [0.15, 0.2) is 12.6 Å². The van der Waals surface area contributed by atoms with Crippen molar-refractivity contribution in [1.29, 1.82) is 0 Å². The first-order chi connectivity index (χ1) is 33.2. The number of hydrogen-bond donors (Lipinski definition) is 5. The Hall–Kier alpha value is -3.74. The molecule has 0 saturated carbocycles. The minimum absolute atomic E-state index is 0.00595. The summed E-state index contributed by atoms with van der Waals surface area (Å²) in [6.07, 6.45) is -3.80. The Balaban J connectivity index is 1.35. The predicted molar refractivity (Wildman–Crippen MR) is 261 cm³/mol. The van der Waals surface area contributed by atoms with Gasteiger partial charge in [-0.1, -0.05) is 26.0 Å². The number of non-ortho nitro benzene ring substituents is 1. The highest BCUT2D eigenvalue weighted by atomic mass is 16.7. The van der Waals surface area contributed by atoms with Crippen LogP contribution in [0.3, 0.4) is 0 Å². The van der Waals surface area contributed by atoms with Gasteiger partial charge in [0.05, 0.1) is 58.7 Å². The van der Waals surface area contributed by atoms with Crippen LogP contribution >= 0.6 is 0 Å². The van der Waals surface area contributed by atoms with Crippen molar-refractivity contribution in [3.8, 4) is 0 Å². The number of benzene rings is 1. The standard InChI is InChI=1S/C50H83N7O14/c1-14-39-50(10,63)43(58)33(6)55(12)27-29(2)25-48(8,62)45(31(4)42(32(5)47(61)69-39)70-41-26-49(9,66-13)44(59)34(7)68-41)71-40-24-38(23-30(3)67-40)54(11)21-19-36-28-56(53-52-36)22-20-51-46(60)35-15-17-37(18-16-35)57(64)65/h15-18,28-34,38-45,58-59,62-63H,14,19-27H2,1-13H3,(H,51,60)/t29-,30-,31+,32-,33-,34+,38+,39-,40+,41+,42+,43-,44+,45-,48-,49-,50-/m1/s1. The Morgan fingerprint density at radius 3 is 2.31 bits per heavy atom. The SMILES string of the molecule is CC[C@H]1OC(=O)[C@H](C)[C@@H](O[C@H]2C[C@@](C)(OC)[C@@H](O)[C@H](C)O2)[C@H](C)[C@@H](O[C@H]2C[C@@H](N(C)CCc3cn(CCNC(=O)c4ccc([N+](=O)[O-])cc4)nn3)C[C@@H](C)O2)[C@](C)(O)C[C@@H](C)CN(C)[C@H](C)[C@@H](O)[C@]1(C)O. The average molecular weight is 1010 g/mol. The second kappa shape index (κ2) is 24.5. The Bertz CT molecular complexity index is 2040. The molecule has 2 aromatic rings. The number of nitro groups is 1. The van der Waals surface area contributed by atoms with Crippen LogP contribution in [-0.4, -0.2) is 187 Å². The van der Waals surface area contributed by atoms with Crippen LogP contribution in [0.1, 0.15) is 117 Å². The van der Waals surface area contributed by atoms with Crippen molar-refractivity contribution in [2.45, 2.75) is 199 Å². The molecule has 71 heavy (non-hydrogen) atoms. The Morgan fingerprint density at radius 1 is 1.00 bits per heavy atom. The van der Waals surface area contributed by atoms with Gasteiger partial charge in [-0.25, -0.2) is 0 Å². The van der Waals surface area contributed by atoms with E-state index in [1.807, 2.05) is 52.9 Å². The number of rotatable bonds is 15. The van der Waals surface area contributed by atoms with Crippen molar-refractivity contribution >= 4 is 17.6 Å². The zero-order valence-corrected chi connectivity index (χ0v) is 44.1. The van der Waals surface area contributed by atoms with E-state index in [0.717, 1.165) is 5.69 Å². The number of cyclic esters (lactones) is 1. The summed E-state index contributed by atoms with van der Waals surface area (Å²) < 4.78 is 40.2. The summed E-state index contributed by atoms with van der Waals surface area (Å²) in [5.41, 5.74) is -3.42. The van der Waals surface area contributed by atoms with Crippen molar-refractivity contribution in [2.75, 3.05) is 40.8 Å². The van der Waals surface area contributed by atoms with Gasteiger partial charge in [-0.3, -0.25) is 24.4 Å². The molecule has 4 heterocycles. The summed E-state index contributed by atoms with van der Waals surface area (Å²) in [6.45, 7) is 19.6. The van der Waals surface area contributed by atoms with E-state index < -0.39 is 94.8 Å². The molecular weight excluding hydrogens is 923 g/mol. The third-order valence-corrected chi connectivity index (χ3v) is 15.3. The lowest BCUT2D eigenvalue weighted by molar-refractivity contribution is -0.384. The number of carbonyl (C=O) groups is 2. The molecule has 0 bridgehead atoms. The molecule has 5 rings (SSSR count). The second-order valence-electron chi connectivity index (χ2n) is 21.4. The fourth-order valence-electron chi connectivity index (χ4n) is 10.8. The summed E-state index contributed by atoms with van der Waals surface area (Å²) in [5, 5.41) is 69.7. The Morgan fingerprint density at radius 2 is 1.68 bits per heavy atom. The zero-order valence-electron chi connectivity index (χ0n) is 44.1. The second-order valence-corrected chi connectivity index (χ2v) is 21.4. The van der Waals surface area contributed by atoms with Crippen molar-refractivity contribution in [2.24, 2.45) is 17.8 Å². The molecule has 0 spiro atoms. The van der Waals surface area contributed by atoms with Crippen molar-refractivity contribution in [3.05, 3.63) is 51.8 Å². The van der Waals surface area contributed by atoms with E-state index in [2.05, 4.69) is 20.5 Å². The number of likely N-dealkylation sites (N-methyl/N-ethyl adjacent to an activating group) is 2. The lowest BCUT2D eigenvalue weighted by Gasteiger charge is -2.48. The summed E-state index contributed by atoms with van der Waals surface area (Å²) >= 11 is 0. The van der Waals surface area contributed by atoms with Gasteiger partial charge < -0.3 is 64.0 Å². The lowest BCUT2D eigenvalue weighted by atomic mass is 9.77. The van der Waals surface area contributed by atoms with Gasteiger partial charge >= 0.3 is 5.97 Å². The van der Waals surface area contributed by atoms with Gasteiger partial charge in [0, 0.05) is 87.9 Å². The molecule has 3 fully saturated rings. The molecule has 0 aliphatic carbocycles. The summed E-state index contributed by atoms with van der Waals surface area (Å²) in [4.78, 5) is 41.7. The fraction of sp³-hybridized carbons (Fsp3) is 0.800. The average Bonchev–Trinajstić information content (AvgIpc) is 3.78. The highest BCUT2D eigenvalue weighted by Gasteiger charge is 2.52. The number of methoxy groups -OCH3 is 1. The number of ether oxygens (including phenoxy) is 6. The van der Waals surface area contributed by atoms with Gasteiger partial charge in [0.2, 0.25) is 0 Å². The monoisotopic (exact) mass is 1010 g/mol. The molecule has 3 saturated heterocycles. The zero-order chi connectivity index (χ0) is 52.7. The first-order valence-electron chi connectivity index (χ1n) is 25.2. The normalized spacial score (nSPS) is 38.3. The number of hydrogen-bond acceptors (Lipinski definition) is 18. The summed E-state index contributed by atoms with van der Waals surface area (Å²) in [6, 6.07) is 4.85. The number of amides is 1. The van der Waals surface area contributed by atoms with Gasteiger partial charge in [-0.15, -0.1) is 5.10 Å². The largest absolute Gasteiger partial charge is 0.459 e. The fourth-order valence-corrected chi connectivity index (χ4v) is 10.8. The molecule has 1 aromatic heterocycles. The number of aromatic nitrogens is 3. The van der Waals surface area contributed by atoms with E-state index in [0.29, 0.717) is 44.5 Å². The molecule has 0 radical (unpaired) electrons. The van der Waals surface area contributed by atoms with Crippen molar-refractivity contribution in [3.63, 3.8) is 0 Å². The van der Waals surface area contributed by atoms with Crippen LogP contribution in [0.2, 0.25) is 0 Å². The number of nitrogens with one attached hydrogen (secondary N) is 1. The molecule has 17 atom stereocenters. The molecule has 3 aliphatic heterocycles. The van der Waals surface area contributed by atoms with Crippen molar-refractivity contribution < 1.29 is 63.4 Å². The smallest absolute Gasteiger partial charge is 0.311 e. The highest BCUT2D eigenvalue weighted by Crippen LogP contribution is 2.40. The number of nitro benzene ring substituents is 1. The number of esters is 1. The number of aliphatic hydroxyl groups excluding tert-OH is 2. The maximum atomic E-state index is 14.5. The Kier molecular flexibility index (Phi) is 20.1. The number of aliphatic hydroxyl groups is 4. The topological polar surface area (TPSA) is 263 Å².